The van der Waals surface area contributed by atoms with E-state index in [4.69, 9.17) is 0 Å². The molecule has 92 valence electrons. The molecule has 0 aliphatic heterocycles. The molecule has 1 heterocycles. The number of hydrogen-bond donors (Lipinski definition) is 1. The highest BCUT2D eigenvalue weighted by atomic mass is 16.2. The van der Waals surface area contributed by atoms with Crippen LogP contribution in [0.15, 0.2) is 18.0 Å². The summed E-state index contributed by atoms with van der Waals surface area (Å²) in [5.41, 5.74) is 1.28. The molecule has 1 aromatic heterocycles. The van der Waals surface area contributed by atoms with Crippen molar-refractivity contribution < 1.29 is 4.79 Å². The third kappa shape index (κ3) is 3.41. The zero-order valence-electron chi connectivity index (χ0n) is 10.1. The molecule has 5 nitrogen and oxygen atoms in total. The smallest absolute Gasteiger partial charge is 0.226 e. The van der Waals surface area contributed by atoms with E-state index >= 15 is 0 Å². The minimum absolute atomic E-state index is 0.148. The Bertz CT molecular complexity index is 397. The maximum absolute atomic E-state index is 12.0. The van der Waals surface area contributed by atoms with Crippen LogP contribution in [0, 0.1) is 0 Å². The number of nitrogens with zero attached hydrogens (tertiary/aromatic N) is 3. The number of carbonyl (C=O) groups excluding carboxylic acids is 1. The van der Waals surface area contributed by atoms with Gasteiger partial charge in [0.15, 0.2) is 0 Å². The summed E-state index contributed by atoms with van der Waals surface area (Å²) in [6.45, 7) is 0.492. The Balaban J connectivity index is 1.84. The molecule has 0 radical (unpaired) electrons. The predicted octanol–water partition coefficient (Wildman–Crippen LogP) is 1.65. The van der Waals surface area contributed by atoms with Gasteiger partial charge in [0.1, 0.15) is 12.2 Å². The molecular weight excluding hydrogens is 216 g/mol. The fourth-order valence-corrected chi connectivity index (χ4v) is 2.01. The van der Waals surface area contributed by atoms with Gasteiger partial charge in [0.2, 0.25) is 5.91 Å². The molecule has 0 saturated carbocycles. The van der Waals surface area contributed by atoms with Gasteiger partial charge in [-0.25, -0.2) is 4.98 Å². The average molecular weight is 234 g/mol. The van der Waals surface area contributed by atoms with E-state index in [2.05, 4.69) is 21.3 Å². The van der Waals surface area contributed by atoms with Gasteiger partial charge >= 0.3 is 0 Å². The zero-order valence-corrected chi connectivity index (χ0v) is 10.1. The first-order valence-corrected chi connectivity index (χ1v) is 6.02. The number of allylic oxidation sites excluding steroid dienone is 1. The van der Waals surface area contributed by atoms with E-state index in [0.29, 0.717) is 13.0 Å². The van der Waals surface area contributed by atoms with Gasteiger partial charge in [-0.1, -0.05) is 11.6 Å². The largest absolute Gasteiger partial charge is 0.338 e. The highest BCUT2D eigenvalue weighted by molar-refractivity contribution is 5.78. The normalized spacial score (nSPS) is 15.5. The van der Waals surface area contributed by atoms with E-state index in [9.17, 15) is 4.79 Å². The zero-order chi connectivity index (χ0) is 12.1. The molecular formula is C12H18N4O. The van der Waals surface area contributed by atoms with Crippen LogP contribution in [0.4, 0.5) is 0 Å². The summed E-state index contributed by atoms with van der Waals surface area (Å²) in [5, 5.41) is 6.52. The molecule has 17 heavy (non-hydrogen) atoms. The van der Waals surface area contributed by atoms with Gasteiger partial charge in [-0.15, -0.1) is 0 Å². The number of aromatic nitrogens is 3. The van der Waals surface area contributed by atoms with Crippen LogP contribution in [-0.2, 0) is 11.3 Å². The lowest BCUT2D eigenvalue weighted by Crippen LogP contribution is -2.27. The molecule has 0 aromatic carbocycles. The lowest BCUT2D eigenvalue weighted by Gasteiger charge is -2.18. The van der Waals surface area contributed by atoms with Crippen LogP contribution in [0.2, 0.25) is 0 Å². The highest BCUT2D eigenvalue weighted by Gasteiger charge is 2.14. The van der Waals surface area contributed by atoms with Crippen molar-refractivity contribution in [2.45, 2.75) is 38.6 Å². The van der Waals surface area contributed by atoms with Crippen LogP contribution in [0.25, 0.3) is 0 Å². The number of H-pyrrole nitrogens is 1. The second kappa shape index (κ2) is 5.61. The van der Waals surface area contributed by atoms with Crippen LogP contribution in [0.3, 0.4) is 0 Å². The Morgan fingerprint density at radius 3 is 3.06 bits per heavy atom. The minimum Gasteiger partial charge on any atom is -0.338 e. The number of aromatic amines is 1. The van der Waals surface area contributed by atoms with Gasteiger partial charge in [-0.3, -0.25) is 9.89 Å². The van der Waals surface area contributed by atoms with Crippen molar-refractivity contribution in [3.8, 4) is 0 Å². The molecule has 1 aromatic rings. The van der Waals surface area contributed by atoms with Gasteiger partial charge in [0, 0.05) is 13.5 Å². The molecule has 1 aliphatic rings. The van der Waals surface area contributed by atoms with Crippen molar-refractivity contribution in [1.82, 2.24) is 20.1 Å². The van der Waals surface area contributed by atoms with E-state index in [-0.39, 0.29) is 5.91 Å². The van der Waals surface area contributed by atoms with Crippen LogP contribution < -0.4 is 0 Å². The molecule has 0 fully saturated rings. The molecule has 1 aliphatic carbocycles. The molecule has 0 bridgehead atoms. The van der Waals surface area contributed by atoms with Gasteiger partial charge < -0.3 is 4.90 Å². The molecule has 1 N–H and O–H groups in total. The summed E-state index contributed by atoms with van der Waals surface area (Å²) in [6.07, 6.45) is 8.87. The number of nitrogens with one attached hydrogen (secondary N) is 1. The van der Waals surface area contributed by atoms with Gasteiger partial charge in [-0.2, -0.15) is 5.10 Å². The topological polar surface area (TPSA) is 61.9 Å². The predicted molar refractivity (Wildman–Crippen MR) is 64.0 cm³/mol. The standard InChI is InChI=1S/C12H18N4O/c1-16(8-11-13-9-14-15-11)12(17)7-10-5-3-2-4-6-10/h5,9H,2-4,6-8H2,1H3,(H,13,14,15). The summed E-state index contributed by atoms with van der Waals surface area (Å²) in [4.78, 5) is 17.7. The third-order valence-corrected chi connectivity index (χ3v) is 3.04. The summed E-state index contributed by atoms with van der Waals surface area (Å²) in [5.74, 6) is 0.869. The summed E-state index contributed by atoms with van der Waals surface area (Å²) < 4.78 is 0. The first-order valence-electron chi connectivity index (χ1n) is 6.02. The first-order chi connectivity index (χ1) is 8.25. The first kappa shape index (κ1) is 11.8. The SMILES string of the molecule is CN(Cc1ncn[nH]1)C(=O)CC1=CCCCC1. The van der Waals surface area contributed by atoms with Crippen LogP contribution in [0.1, 0.15) is 37.9 Å². The van der Waals surface area contributed by atoms with Crippen LogP contribution in [-0.4, -0.2) is 33.0 Å². The highest BCUT2D eigenvalue weighted by Crippen LogP contribution is 2.20. The minimum atomic E-state index is 0.148. The second-order valence-electron chi connectivity index (χ2n) is 4.47. The number of hydrogen-bond acceptors (Lipinski definition) is 3. The van der Waals surface area contributed by atoms with Gasteiger partial charge in [0.05, 0.1) is 6.54 Å². The maximum atomic E-state index is 12.0. The number of carbonyl (C=O) groups is 1. The second-order valence-corrected chi connectivity index (χ2v) is 4.47. The molecule has 0 spiro atoms. The molecule has 0 saturated heterocycles. The summed E-state index contributed by atoms with van der Waals surface area (Å²) >= 11 is 0. The Labute approximate surface area is 101 Å². The van der Waals surface area contributed by atoms with Crippen molar-refractivity contribution in [1.29, 1.82) is 0 Å². The average Bonchev–Trinajstić information content (AvgIpc) is 2.83. The Morgan fingerprint density at radius 2 is 2.41 bits per heavy atom. The van der Waals surface area contributed by atoms with Crippen molar-refractivity contribution >= 4 is 5.91 Å². The third-order valence-electron chi connectivity index (χ3n) is 3.04. The monoisotopic (exact) mass is 234 g/mol. The quantitative estimate of drug-likeness (QED) is 0.806. The van der Waals surface area contributed by atoms with E-state index < -0.39 is 0 Å². The fourth-order valence-electron chi connectivity index (χ4n) is 2.01. The van der Waals surface area contributed by atoms with Gasteiger partial charge in [0.25, 0.3) is 0 Å². The Kier molecular flexibility index (Phi) is 3.90. The summed E-state index contributed by atoms with van der Waals surface area (Å²) in [7, 11) is 1.80. The Morgan fingerprint density at radius 1 is 1.53 bits per heavy atom. The van der Waals surface area contributed by atoms with E-state index in [1.54, 1.807) is 11.9 Å². The lowest BCUT2D eigenvalue weighted by atomic mass is 9.97. The van der Waals surface area contributed by atoms with Crippen molar-refractivity contribution in [3.63, 3.8) is 0 Å². The summed E-state index contributed by atoms with van der Waals surface area (Å²) in [6, 6.07) is 0. The Hall–Kier alpha value is -1.65. The molecule has 2 rings (SSSR count). The molecule has 0 atom stereocenters. The van der Waals surface area contributed by atoms with Crippen molar-refractivity contribution in [2.24, 2.45) is 0 Å². The maximum Gasteiger partial charge on any atom is 0.226 e. The fraction of sp³-hybridized carbons (Fsp3) is 0.583. The van der Waals surface area contributed by atoms with E-state index in [0.717, 1.165) is 18.7 Å². The lowest BCUT2D eigenvalue weighted by molar-refractivity contribution is -0.129. The number of amides is 1. The van der Waals surface area contributed by atoms with Crippen molar-refractivity contribution in [3.05, 3.63) is 23.8 Å². The van der Waals surface area contributed by atoms with E-state index in [1.807, 2.05) is 0 Å². The van der Waals surface area contributed by atoms with Gasteiger partial charge in [-0.05, 0) is 25.7 Å². The van der Waals surface area contributed by atoms with Crippen LogP contribution in [0.5, 0.6) is 0 Å². The number of rotatable bonds is 4. The molecule has 0 unspecified atom stereocenters. The molecule has 5 heteroatoms. The molecule has 1 amide bonds. The van der Waals surface area contributed by atoms with Crippen molar-refractivity contribution in [2.75, 3.05) is 7.05 Å². The van der Waals surface area contributed by atoms with Crippen LogP contribution >= 0.6 is 0 Å². The van der Waals surface area contributed by atoms with E-state index in [1.165, 1.54) is 24.7 Å².